The third-order valence-electron chi connectivity index (χ3n) is 6.85. The van der Waals surface area contributed by atoms with Crippen LogP contribution in [0.1, 0.15) is 44.6 Å². The summed E-state index contributed by atoms with van der Waals surface area (Å²) in [6.45, 7) is 7.79. The van der Waals surface area contributed by atoms with E-state index in [1.54, 1.807) is 0 Å². The third-order valence-corrected chi connectivity index (χ3v) is 6.85. The van der Waals surface area contributed by atoms with E-state index in [2.05, 4.69) is 17.1 Å². The molecule has 0 bridgehead atoms. The molecule has 0 aromatic heterocycles. The first-order chi connectivity index (χ1) is 15.7. The van der Waals surface area contributed by atoms with E-state index in [0.29, 0.717) is 32.7 Å². The van der Waals surface area contributed by atoms with E-state index in [-0.39, 0.29) is 5.91 Å². The highest BCUT2D eigenvalue weighted by molar-refractivity contribution is 5.99. The number of hydrogen-bond acceptors (Lipinski definition) is 4. The molecule has 0 radical (unpaired) electrons. The lowest BCUT2D eigenvalue weighted by atomic mass is 9.73. The molecule has 2 heterocycles. The van der Waals surface area contributed by atoms with Gasteiger partial charge in [-0.2, -0.15) is 0 Å². The van der Waals surface area contributed by atoms with Crippen LogP contribution in [0.3, 0.4) is 0 Å². The van der Waals surface area contributed by atoms with E-state index in [1.807, 2.05) is 54.6 Å². The number of ether oxygens (including phenoxy) is 2. The van der Waals surface area contributed by atoms with Crippen LogP contribution in [-0.2, 0) is 14.9 Å². The Hall–Kier alpha value is -2.37. The van der Waals surface area contributed by atoms with Gasteiger partial charge in [-0.3, -0.25) is 4.79 Å². The van der Waals surface area contributed by atoms with Gasteiger partial charge in [0.15, 0.2) is 0 Å². The lowest BCUT2D eigenvalue weighted by molar-refractivity contribution is -0.125. The van der Waals surface area contributed by atoms with Gasteiger partial charge in [0.05, 0.1) is 12.0 Å². The number of benzene rings is 2. The molecule has 1 amide bonds. The summed E-state index contributed by atoms with van der Waals surface area (Å²) < 4.78 is 11.5. The first kappa shape index (κ1) is 22.8. The molecule has 4 rings (SSSR count). The minimum atomic E-state index is -0.541. The zero-order chi connectivity index (χ0) is 22.2. The highest BCUT2D eigenvalue weighted by Crippen LogP contribution is 2.36. The largest absolute Gasteiger partial charge is 0.494 e. The highest BCUT2D eigenvalue weighted by atomic mass is 16.5. The van der Waals surface area contributed by atoms with Crippen molar-refractivity contribution in [2.24, 2.45) is 5.92 Å². The number of carbonyl (C=O) groups is 1. The van der Waals surface area contributed by atoms with E-state index in [1.165, 1.54) is 25.9 Å². The average molecular weight is 437 g/mol. The zero-order valence-corrected chi connectivity index (χ0v) is 19.2. The fourth-order valence-electron chi connectivity index (χ4n) is 4.98. The van der Waals surface area contributed by atoms with E-state index >= 15 is 0 Å². The van der Waals surface area contributed by atoms with Gasteiger partial charge in [-0.15, -0.1) is 0 Å². The van der Waals surface area contributed by atoms with Crippen LogP contribution in [-0.4, -0.2) is 50.3 Å². The Morgan fingerprint density at radius 2 is 1.88 bits per heavy atom. The molecule has 2 aliphatic rings. The fraction of sp³-hybridized carbons (Fsp3) is 0.519. The Bertz CT molecular complexity index is 847. The summed E-state index contributed by atoms with van der Waals surface area (Å²) in [4.78, 5) is 15.9. The van der Waals surface area contributed by atoms with Crippen molar-refractivity contribution >= 4 is 11.6 Å². The average Bonchev–Trinajstić information content (AvgIpc) is 2.84. The Kier molecular flexibility index (Phi) is 7.82. The second-order valence-electron chi connectivity index (χ2n) is 9.29. The van der Waals surface area contributed by atoms with Crippen molar-refractivity contribution in [3.05, 3.63) is 60.2 Å². The molecular weight excluding hydrogens is 400 g/mol. The van der Waals surface area contributed by atoms with Crippen molar-refractivity contribution in [1.29, 1.82) is 0 Å². The number of likely N-dealkylation sites (tertiary alicyclic amines) is 1. The Morgan fingerprint density at radius 1 is 1.12 bits per heavy atom. The van der Waals surface area contributed by atoms with Crippen LogP contribution < -0.4 is 10.1 Å². The molecule has 1 atom stereocenters. The molecule has 0 aliphatic carbocycles. The van der Waals surface area contributed by atoms with Crippen LogP contribution in [0, 0.1) is 5.92 Å². The maximum Gasteiger partial charge on any atom is 0.235 e. The SMILES string of the molecule is C[C@@H]1CCCN(CCCOc2ccc(NC(=O)C3(c4ccccc4)CCOCC3)cc2)C1. The second-order valence-corrected chi connectivity index (χ2v) is 9.29. The van der Waals surface area contributed by atoms with E-state index < -0.39 is 5.41 Å². The molecule has 32 heavy (non-hydrogen) atoms. The van der Waals surface area contributed by atoms with E-state index in [9.17, 15) is 4.79 Å². The van der Waals surface area contributed by atoms with Gasteiger partial charge in [-0.25, -0.2) is 0 Å². The summed E-state index contributed by atoms with van der Waals surface area (Å²) in [6.07, 6.45) is 5.09. The summed E-state index contributed by atoms with van der Waals surface area (Å²) in [5.74, 6) is 1.70. The summed E-state index contributed by atoms with van der Waals surface area (Å²) in [5.41, 5.74) is 1.32. The molecule has 0 saturated carbocycles. The highest BCUT2D eigenvalue weighted by Gasteiger charge is 2.41. The van der Waals surface area contributed by atoms with Gasteiger partial charge >= 0.3 is 0 Å². The third kappa shape index (κ3) is 5.70. The lowest BCUT2D eigenvalue weighted by Crippen LogP contribution is -2.44. The monoisotopic (exact) mass is 436 g/mol. The molecule has 2 aliphatic heterocycles. The van der Waals surface area contributed by atoms with Crippen LogP contribution in [0.25, 0.3) is 0 Å². The van der Waals surface area contributed by atoms with Gasteiger partial charge in [-0.1, -0.05) is 37.3 Å². The predicted molar refractivity (Wildman–Crippen MR) is 128 cm³/mol. The van der Waals surface area contributed by atoms with Crippen molar-refractivity contribution in [1.82, 2.24) is 4.90 Å². The standard InChI is InChI=1S/C27H36N2O3/c1-22-7-5-16-29(21-22)17-6-18-32-25-12-10-24(11-13-25)28-26(30)27(14-19-31-20-15-27)23-8-3-2-4-9-23/h2-4,8-13,22H,5-7,14-21H2,1H3,(H,28,30)/t22-/m1/s1. The smallest absolute Gasteiger partial charge is 0.235 e. The first-order valence-corrected chi connectivity index (χ1v) is 12.1. The molecule has 172 valence electrons. The van der Waals surface area contributed by atoms with Gasteiger partial charge in [-0.05, 0) is 74.4 Å². The van der Waals surface area contributed by atoms with Gasteiger partial charge < -0.3 is 19.7 Å². The Balaban J connectivity index is 1.29. The fourth-order valence-corrected chi connectivity index (χ4v) is 4.98. The van der Waals surface area contributed by atoms with Crippen molar-refractivity contribution in [2.45, 2.75) is 44.4 Å². The topological polar surface area (TPSA) is 50.8 Å². The number of hydrogen-bond donors (Lipinski definition) is 1. The molecule has 0 spiro atoms. The summed E-state index contributed by atoms with van der Waals surface area (Å²) in [6, 6.07) is 17.8. The van der Waals surface area contributed by atoms with Crippen LogP contribution in [0.2, 0.25) is 0 Å². The molecule has 2 fully saturated rings. The minimum Gasteiger partial charge on any atom is -0.494 e. The quantitative estimate of drug-likeness (QED) is 0.600. The minimum absolute atomic E-state index is 0.0384. The Morgan fingerprint density at radius 3 is 2.59 bits per heavy atom. The number of carbonyl (C=O) groups excluding carboxylic acids is 1. The zero-order valence-electron chi connectivity index (χ0n) is 19.2. The second kappa shape index (κ2) is 11.0. The number of amides is 1. The number of anilines is 1. The van der Waals surface area contributed by atoms with E-state index in [4.69, 9.17) is 9.47 Å². The molecule has 5 nitrogen and oxygen atoms in total. The summed E-state index contributed by atoms with van der Waals surface area (Å²) in [5, 5.41) is 3.14. The molecule has 0 unspecified atom stereocenters. The van der Waals surface area contributed by atoms with Crippen molar-refractivity contribution in [3.8, 4) is 5.75 Å². The number of rotatable bonds is 8. The van der Waals surface area contributed by atoms with Gasteiger partial charge in [0.25, 0.3) is 0 Å². The van der Waals surface area contributed by atoms with Crippen molar-refractivity contribution in [2.75, 3.05) is 44.8 Å². The van der Waals surface area contributed by atoms with Gasteiger partial charge in [0.2, 0.25) is 5.91 Å². The van der Waals surface area contributed by atoms with E-state index in [0.717, 1.165) is 35.9 Å². The molecular formula is C27H36N2O3. The first-order valence-electron chi connectivity index (χ1n) is 12.1. The number of nitrogens with zero attached hydrogens (tertiary/aromatic N) is 1. The maximum atomic E-state index is 13.4. The van der Waals surface area contributed by atoms with Crippen molar-refractivity contribution < 1.29 is 14.3 Å². The molecule has 5 heteroatoms. The molecule has 2 aromatic carbocycles. The van der Waals surface area contributed by atoms with Crippen LogP contribution >= 0.6 is 0 Å². The van der Waals surface area contributed by atoms with Gasteiger partial charge in [0.1, 0.15) is 5.75 Å². The summed E-state index contributed by atoms with van der Waals surface area (Å²) in [7, 11) is 0. The van der Waals surface area contributed by atoms with Crippen molar-refractivity contribution in [3.63, 3.8) is 0 Å². The van der Waals surface area contributed by atoms with Crippen LogP contribution in [0.4, 0.5) is 5.69 Å². The summed E-state index contributed by atoms with van der Waals surface area (Å²) >= 11 is 0. The maximum absolute atomic E-state index is 13.4. The number of piperidine rings is 1. The molecule has 2 saturated heterocycles. The predicted octanol–water partition coefficient (Wildman–Crippen LogP) is 4.87. The van der Waals surface area contributed by atoms with Crippen LogP contribution in [0.15, 0.2) is 54.6 Å². The lowest BCUT2D eigenvalue weighted by Gasteiger charge is -2.36. The Labute approximate surface area is 192 Å². The van der Waals surface area contributed by atoms with Crippen LogP contribution in [0.5, 0.6) is 5.75 Å². The molecule has 2 aromatic rings. The molecule has 1 N–H and O–H groups in total. The van der Waals surface area contributed by atoms with Gasteiger partial charge in [0, 0.05) is 32.0 Å². The number of nitrogens with one attached hydrogen (secondary N) is 1. The normalized spacial score (nSPS) is 21.1.